The van der Waals surface area contributed by atoms with Crippen molar-refractivity contribution in [1.29, 1.82) is 0 Å². The Hall–Kier alpha value is -2.02. The van der Waals surface area contributed by atoms with Crippen LogP contribution in [0.15, 0.2) is 18.6 Å². The number of ether oxygens (including phenoxy) is 1. The zero-order valence-corrected chi connectivity index (χ0v) is 9.57. The summed E-state index contributed by atoms with van der Waals surface area (Å²) in [6, 6.07) is 0. The van der Waals surface area contributed by atoms with Crippen LogP contribution in [0.25, 0.3) is 0 Å². The highest BCUT2D eigenvalue weighted by Gasteiger charge is 2.30. The van der Waals surface area contributed by atoms with Crippen molar-refractivity contribution in [1.82, 2.24) is 15.3 Å². The van der Waals surface area contributed by atoms with Crippen LogP contribution in [0.1, 0.15) is 23.3 Å². The molecule has 0 aromatic carbocycles. The molecule has 1 aromatic rings. The molecule has 2 rings (SSSR count). The fourth-order valence-electron chi connectivity index (χ4n) is 1.75. The highest BCUT2D eigenvalue weighted by Crippen LogP contribution is 2.19. The highest BCUT2D eigenvalue weighted by atomic mass is 16.5. The van der Waals surface area contributed by atoms with E-state index in [1.165, 1.54) is 18.6 Å². The molecule has 1 fully saturated rings. The second kappa shape index (κ2) is 5.54. The molecule has 0 bridgehead atoms. The first-order valence-electron chi connectivity index (χ1n) is 5.59. The molecule has 96 valence electrons. The van der Waals surface area contributed by atoms with Crippen LogP contribution in [0.4, 0.5) is 0 Å². The summed E-state index contributed by atoms with van der Waals surface area (Å²) in [5.41, 5.74) is 0.227. The quantitative estimate of drug-likeness (QED) is 0.771. The predicted octanol–water partition coefficient (Wildman–Crippen LogP) is -0.161. The molecule has 1 aliphatic rings. The summed E-state index contributed by atoms with van der Waals surface area (Å²) in [5.74, 6) is -1.30. The third-order valence-electron chi connectivity index (χ3n) is 2.67. The minimum atomic E-state index is -0.960. The molecule has 1 saturated heterocycles. The molecular formula is C11H13N3O4. The maximum atomic E-state index is 11.6. The summed E-state index contributed by atoms with van der Waals surface area (Å²) < 4.78 is 5.26. The summed E-state index contributed by atoms with van der Waals surface area (Å²) in [6.07, 6.45) is 4.36. The third kappa shape index (κ3) is 3.01. The Morgan fingerprint density at radius 1 is 1.44 bits per heavy atom. The number of aliphatic carboxylic acids is 1. The molecule has 1 aromatic heterocycles. The molecule has 0 radical (unpaired) electrons. The average Bonchev–Trinajstić information content (AvgIpc) is 2.86. The fraction of sp³-hybridized carbons (Fsp3) is 0.455. The molecule has 7 nitrogen and oxygen atoms in total. The van der Waals surface area contributed by atoms with Crippen LogP contribution in [0, 0.1) is 0 Å². The first-order valence-corrected chi connectivity index (χ1v) is 5.59. The van der Waals surface area contributed by atoms with Crippen LogP contribution < -0.4 is 5.32 Å². The Morgan fingerprint density at radius 2 is 2.28 bits per heavy atom. The van der Waals surface area contributed by atoms with Crippen molar-refractivity contribution >= 4 is 11.9 Å². The van der Waals surface area contributed by atoms with E-state index in [-0.39, 0.29) is 24.2 Å². The van der Waals surface area contributed by atoms with Crippen molar-refractivity contribution in [3.8, 4) is 0 Å². The zero-order chi connectivity index (χ0) is 13.0. The van der Waals surface area contributed by atoms with Gasteiger partial charge in [0, 0.05) is 18.9 Å². The Kier molecular flexibility index (Phi) is 3.83. The van der Waals surface area contributed by atoms with Gasteiger partial charge in [-0.2, -0.15) is 0 Å². The van der Waals surface area contributed by atoms with Crippen LogP contribution in [-0.2, 0) is 9.53 Å². The lowest BCUT2D eigenvalue weighted by Crippen LogP contribution is -2.33. The maximum Gasteiger partial charge on any atom is 0.332 e. The van der Waals surface area contributed by atoms with Gasteiger partial charge in [-0.05, 0) is 12.8 Å². The van der Waals surface area contributed by atoms with E-state index in [1.807, 2.05) is 0 Å². The van der Waals surface area contributed by atoms with Gasteiger partial charge in [0.1, 0.15) is 5.69 Å². The van der Waals surface area contributed by atoms with Crippen molar-refractivity contribution < 1.29 is 19.4 Å². The number of hydrogen-bond donors (Lipinski definition) is 2. The van der Waals surface area contributed by atoms with Crippen LogP contribution in [-0.4, -0.2) is 45.7 Å². The standard InChI is InChI=1S/C11H13N3O4/c15-10(8-6-12-3-4-13-8)14-5-7-1-2-9(18-7)11(16)17/h3-4,6-7,9H,1-2,5H2,(H,14,15)(H,16,17). The monoisotopic (exact) mass is 251 g/mol. The number of aromatic nitrogens is 2. The molecule has 18 heavy (non-hydrogen) atoms. The van der Waals surface area contributed by atoms with Crippen molar-refractivity contribution in [2.24, 2.45) is 0 Å². The fourth-order valence-corrected chi connectivity index (χ4v) is 1.75. The van der Waals surface area contributed by atoms with Crippen molar-refractivity contribution in [3.63, 3.8) is 0 Å². The van der Waals surface area contributed by atoms with E-state index < -0.39 is 12.1 Å². The maximum absolute atomic E-state index is 11.6. The Morgan fingerprint density at radius 3 is 2.89 bits per heavy atom. The number of carbonyl (C=O) groups is 2. The average molecular weight is 251 g/mol. The van der Waals surface area contributed by atoms with E-state index >= 15 is 0 Å². The van der Waals surface area contributed by atoms with E-state index in [0.717, 1.165) is 0 Å². The van der Waals surface area contributed by atoms with E-state index in [9.17, 15) is 9.59 Å². The Labute approximate surface area is 103 Å². The number of nitrogens with one attached hydrogen (secondary N) is 1. The lowest BCUT2D eigenvalue weighted by Gasteiger charge is -2.11. The van der Waals surface area contributed by atoms with E-state index in [2.05, 4.69) is 15.3 Å². The second-order valence-corrected chi connectivity index (χ2v) is 3.96. The first-order chi connectivity index (χ1) is 8.66. The number of hydrogen-bond acceptors (Lipinski definition) is 5. The molecule has 2 N–H and O–H groups in total. The number of amides is 1. The molecule has 1 amide bonds. The van der Waals surface area contributed by atoms with Crippen LogP contribution in [0.3, 0.4) is 0 Å². The SMILES string of the molecule is O=C(NCC1CCC(C(=O)O)O1)c1cnccn1. The number of carboxylic acid groups (broad SMARTS) is 1. The molecule has 2 atom stereocenters. The highest BCUT2D eigenvalue weighted by molar-refractivity contribution is 5.91. The van der Waals surface area contributed by atoms with Gasteiger partial charge in [0.15, 0.2) is 6.10 Å². The Bertz CT molecular complexity index is 437. The lowest BCUT2D eigenvalue weighted by atomic mass is 10.2. The molecule has 0 aliphatic carbocycles. The number of carbonyl (C=O) groups excluding carboxylic acids is 1. The van der Waals surface area contributed by atoms with Gasteiger partial charge < -0.3 is 15.2 Å². The van der Waals surface area contributed by atoms with Gasteiger partial charge in [0.05, 0.1) is 12.3 Å². The molecule has 0 spiro atoms. The number of rotatable bonds is 4. The molecular weight excluding hydrogens is 238 g/mol. The van der Waals surface area contributed by atoms with Crippen LogP contribution >= 0.6 is 0 Å². The lowest BCUT2D eigenvalue weighted by molar-refractivity contribution is -0.149. The Balaban J connectivity index is 1.79. The topological polar surface area (TPSA) is 101 Å². The minimum Gasteiger partial charge on any atom is -0.479 e. The number of carboxylic acids is 1. The normalized spacial score (nSPS) is 22.7. The van der Waals surface area contributed by atoms with E-state index in [1.54, 1.807) is 0 Å². The van der Waals surface area contributed by atoms with Gasteiger partial charge in [0.2, 0.25) is 0 Å². The van der Waals surface area contributed by atoms with Crippen molar-refractivity contribution in [2.45, 2.75) is 25.0 Å². The minimum absolute atomic E-state index is 0.227. The van der Waals surface area contributed by atoms with Gasteiger partial charge in [-0.1, -0.05) is 0 Å². The van der Waals surface area contributed by atoms with E-state index in [4.69, 9.17) is 9.84 Å². The summed E-state index contributed by atoms with van der Waals surface area (Å²) >= 11 is 0. The zero-order valence-electron chi connectivity index (χ0n) is 9.57. The molecule has 7 heteroatoms. The molecule has 2 heterocycles. The summed E-state index contributed by atoms with van der Waals surface area (Å²) in [5, 5.41) is 11.4. The third-order valence-corrected chi connectivity index (χ3v) is 2.67. The van der Waals surface area contributed by atoms with Crippen LogP contribution in [0.2, 0.25) is 0 Å². The van der Waals surface area contributed by atoms with E-state index in [0.29, 0.717) is 12.8 Å². The van der Waals surface area contributed by atoms with Gasteiger partial charge in [-0.3, -0.25) is 9.78 Å². The van der Waals surface area contributed by atoms with Gasteiger partial charge >= 0.3 is 5.97 Å². The van der Waals surface area contributed by atoms with Gasteiger partial charge in [0.25, 0.3) is 5.91 Å². The summed E-state index contributed by atoms with van der Waals surface area (Å²) in [6.45, 7) is 0.277. The summed E-state index contributed by atoms with van der Waals surface area (Å²) in [7, 11) is 0. The number of nitrogens with zero attached hydrogens (tertiary/aromatic N) is 2. The van der Waals surface area contributed by atoms with Crippen LogP contribution in [0.5, 0.6) is 0 Å². The molecule has 1 aliphatic heterocycles. The predicted molar refractivity (Wildman–Crippen MR) is 59.9 cm³/mol. The smallest absolute Gasteiger partial charge is 0.332 e. The second-order valence-electron chi connectivity index (χ2n) is 3.96. The molecule has 2 unspecified atom stereocenters. The summed E-state index contributed by atoms with van der Waals surface area (Å²) in [4.78, 5) is 30.0. The first kappa shape index (κ1) is 12.4. The molecule has 0 saturated carbocycles. The van der Waals surface area contributed by atoms with Crippen molar-refractivity contribution in [3.05, 3.63) is 24.3 Å². The largest absolute Gasteiger partial charge is 0.479 e. The van der Waals surface area contributed by atoms with Gasteiger partial charge in [-0.25, -0.2) is 9.78 Å². The van der Waals surface area contributed by atoms with Crippen molar-refractivity contribution in [2.75, 3.05) is 6.54 Å². The van der Waals surface area contributed by atoms with Gasteiger partial charge in [-0.15, -0.1) is 0 Å².